The van der Waals surface area contributed by atoms with Crippen molar-refractivity contribution < 1.29 is 0 Å². The number of piperidine rings is 1. The van der Waals surface area contributed by atoms with Crippen molar-refractivity contribution in [3.05, 3.63) is 34.9 Å². The van der Waals surface area contributed by atoms with E-state index >= 15 is 0 Å². The van der Waals surface area contributed by atoms with Crippen LogP contribution in [0.1, 0.15) is 55.8 Å². The molecule has 0 spiro atoms. The molecule has 1 saturated heterocycles. The van der Waals surface area contributed by atoms with Crippen molar-refractivity contribution in [1.82, 2.24) is 10.2 Å². The van der Waals surface area contributed by atoms with E-state index in [2.05, 4.69) is 56.1 Å². The Morgan fingerprint density at radius 1 is 1.10 bits per heavy atom. The fourth-order valence-corrected chi connectivity index (χ4v) is 3.58. The topological polar surface area (TPSA) is 15.3 Å². The normalized spacial score (nSPS) is 18.9. The fourth-order valence-electron chi connectivity index (χ4n) is 3.58. The van der Waals surface area contributed by atoms with Gasteiger partial charge in [0.15, 0.2) is 0 Å². The van der Waals surface area contributed by atoms with E-state index in [4.69, 9.17) is 0 Å². The first kappa shape index (κ1) is 16.5. The molecular formula is C19H32N2. The molecule has 2 nitrogen and oxygen atoms in total. The van der Waals surface area contributed by atoms with E-state index in [0.29, 0.717) is 6.04 Å². The van der Waals surface area contributed by atoms with Crippen molar-refractivity contribution in [2.24, 2.45) is 5.92 Å². The number of nitrogens with one attached hydrogen (secondary N) is 1. The lowest BCUT2D eigenvalue weighted by molar-refractivity contribution is 0.166. The van der Waals surface area contributed by atoms with Gasteiger partial charge in [-0.25, -0.2) is 0 Å². The van der Waals surface area contributed by atoms with Crippen LogP contribution in [0, 0.1) is 19.8 Å². The van der Waals surface area contributed by atoms with Crippen molar-refractivity contribution >= 4 is 0 Å². The SMILES string of the molecule is CCNC(CN1CCC(CC)CC1)c1cc(C)cc(C)c1. The maximum atomic E-state index is 3.68. The van der Waals surface area contributed by atoms with Gasteiger partial charge in [0.1, 0.15) is 0 Å². The van der Waals surface area contributed by atoms with Crippen molar-refractivity contribution in [2.45, 2.75) is 53.0 Å². The number of likely N-dealkylation sites (N-methyl/N-ethyl adjacent to an activating group) is 1. The number of hydrogen-bond acceptors (Lipinski definition) is 2. The van der Waals surface area contributed by atoms with E-state index in [1.807, 2.05) is 0 Å². The van der Waals surface area contributed by atoms with E-state index in [9.17, 15) is 0 Å². The molecule has 1 N–H and O–H groups in total. The summed E-state index contributed by atoms with van der Waals surface area (Å²) in [5.41, 5.74) is 4.20. The Labute approximate surface area is 130 Å². The molecule has 2 rings (SSSR count). The van der Waals surface area contributed by atoms with Gasteiger partial charge in [0, 0.05) is 12.6 Å². The molecule has 1 aromatic rings. The smallest absolute Gasteiger partial charge is 0.0449 e. The molecule has 1 fully saturated rings. The molecule has 2 heteroatoms. The summed E-state index contributed by atoms with van der Waals surface area (Å²) in [5, 5.41) is 3.68. The molecule has 0 bridgehead atoms. The minimum atomic E-state index is 0.465. The molecule has 0 saturated carbocycles. The second-order valence-corrected chi connectivity index (χ2v) is 6.68. The maximum absolute atomic E-state index is 3.68. The van der Waals surface area contributed by atoms with Crippen LogP contribution in [0.15, 0.2) is 18.2 Å². The highest BCUT2D eigenvalue weighted by molar-refractivity contribution is 5.31. The zero-order chi connectivity index (χ0) is 15.2. The van der Waals surface area contributed by atoms with Crippen LogP contribution in [0.2, 0.25) is 0 Å². The van der Waals surface area contributed by atoms with Crippen molar-refractivity contribution in [1.29, 1.82) is 0 Å². The lowest BCUT2D eigenvalue weighted by Gasteiger charge is -2.34. The molecule has 1 aromatic carbocycles. The Kier molecular flexibility index (Phi) is 6.25. The third-order valence-electron chi connectivity index (χ3n) is 4.82. The molecule has 1 heterocycles. The Morgan fingerprint density at radius 3 is 2.24 bits per heavy atom. The van der Waals surface area contributed by atoms with E-state index < -0.39 is 0 Å². The summed E-state index contributed by atoms with van der Waals surface area (Å²) >= 11 is 0. The van der Waals surface area contributed by atoms with Gasteiger partial charge < -0.3 is 10.2 Å². The number of aryl methyl sites for hydroxylation is 2. The summed E-state index contributed by atoms with van der Waals surface area (Å²) in [6.45, 7) is 13.7. The predicted octanol–water partition coefficient (Wildman–Crippen LogP) is 4.08. The summed E-state index contributed by atoms with van der Waals surface area (Å²) in [6, 6.07) is 7.42. The van der Waals surface area contributed by atoms with Gasteiger partial charge in [0.05, 0.1) is 0 Å². The van der Waals surface area contributed by atoms with Crippen LogP contribution in [0.3, 0.4) is 0 Å². The number of likely N-dealkylation sites (tertiary alicyclic amines) is 1. The first-order valence-electron chi connectivity index (χ1n) is 8.66. The average Bonchev–Trinajstić information content (AvgIpc) is 2.46. The van der Waals surface area contributed by atoms with Gasteiger partial charge in [0.25, 0.3) is 0 Å². The van der Waals surface area contributed by atoms with E-state index in [1.54, 1.807) is 0 Å². The summed E-state index contributed by atoms with van der Waals surface area (Å²) in [5.74, 6) is 0.958. The van der Waals surface area contributed by atoms with Crippen LogP contribution in [0.5, 0.6) is 0 Å². The van der Waals surface area contributed by atoms with Gasteiger partial charge >= 0.3 is 0 Å². The summed E-state index contributed by atoms with van der Waals surface area (Å²) in [6.07, 6.45) is 4.10. The number of hydrogen-bond donors (Lipinski definition) is 1. The van der Waals surface area contributed by atoms with Crippen LogP contribution in [0.25, 0.3) is 0 Å². The van der Waals surface area contributed by atoms with Gasteiger partial charge in [0.2, 0.25) is 0 Å². The largest absolute Gasteiger partial charge is 0.309 e. The predicted molar refractivity (Wildman–Crippen MR) is 91.8 cm³/mol. The lowest BCUT2D eigenvalue weighted by Crippen LogP contribution is -2.40. The Bertz CT molecular complexity index is 413. The van der Waals surface area contributed by atoms with Crippen LogP contribution in [0.4, 0.5) is 0 Å². The van der Waals surface area contributed by atoms with Gasteiger partial charge in [-0.1, -0.05) is 49.6 Å². The van der Waals surface area contributed by atoms with Gasteiger partial charge in [-0.05, 0) is 57.8 Å². The highest BCUT2D eigenvalue weighted by atomic mass is 15.2. The molecule has 0 radical (unpaired) electrons. The average molecular weight is 288 g/mol. The minimum Gasteiger partial charge on any atom is -0.309 e. The van der Waals surface area contributed by atoms with Crippen molar-refractivity contribution in [2.75, 3.05) is 26.2 Å². The van der Waals surface area contributed by atoms with E-state index in [1.165, 1.54) is 49.0 Å². The highest BCUT2D eigenvalue weighted by Crippen LogP contribution is 2.23. The number of benzene rings is 1. The zero-order valence-electron chi connectivity index (χ0n) is 14.3. The first-order valence-corrected chi connectivity index (χ1v) is 8.66. The zero-order valence-corrected chi connectivity index (χ0v) is 14.3. The van der Waals surface area contributed by atoms with Crippen molar-refractivity contribution in [3.63, 3.8) is 0 Å². The standard InChI is InChI=1S/C19H32N2/c1-5-17-7-9-21(10-8-17)14-19(20-6-2)18-12-15(3)11-16(4)13-18/h11-13,17,19-20H,5-10,14H2,1-4H3. The minimum absolute atomic E-state index is 0.465. The Balaban J connectivity index is 2.02. The molecule has 1 aliphatic heterocycles. The molecule has 1 unspecified atom stereocenters. The monoisotopic (exact) mass is 288 g/mol. The van der Waals surface area contributed by atoms with E-state index in [0.717, 1.165) is 19.0 Å². The van der Waals surface area contributed by atoms with Gasteiger partial charge in [-0.3, -0.25) is 0 Å². The van der Waals surface area contributed by atoms with Crippen LogP contribution >= 0.6 is 0 Å². The van der Waals surface area contributed by atoms with Crippen LogP contribution in [-0.4, -0.2) is 31.1 Å². The molecule has 1 atom stereocenters. The second-order valence-electron chi connectivity index (χ2n) is 6.68. The molecular weight excluding hydrogens is 256 g/mol. The van der Waals surface area contributed by atoms with Crippen LogP contribution < -0.4 is 5.32 Å². The second kappa shape index (κ2) is 7.95. The van der Waals surface area contributed by atoms with Crippen LogP contribution in [-0.2, 0) is 0 Å². The quantitative estimate of drug-likeness (QED) is 0.848. The molecule has 0 aromatic heterocycles. The number of nitrogens with zero attached hydrogens (tertiary/aromatic N) is 1. The fraction of sp³-hybridized carbons (Fsp3) is 0.684. The first-order chi connectivity index (χ1) is 10.1. The highest BCUT2D eigenvalue weighted by Gasteiger charge is 2.21. The third kappa shape index (κ3) is 4.82. The Hall–Kier alpha value is -0.860. The molecule has 0 amide bonds. The lowest BCUT2D eigenvalue weighted by atomic mass is 9.93. The van der Waals surface area contributed by atoms with E-state index in [-0.39, 0.29) is 0 Å². The Morgan fingerprint density at radius 2 is 1.71 bits per heavy atom. The number of rotatable bonds is 6. The van der Waals surface area contributed by atoms with Gasteiger partial charge in [-0.2, -0.15) is 0 Å². The third-order valence-corrected chi connectivity index (χ3v) is 4.82. The molecule has 21 heavy (non-hydrogen) atoms. The summed E-state index contributed by atoms with van der Waals surface area (Å²) in [7, 11) is 0. The molecule has 0 aliphatic carbocycles. The molecule has 1 aliphatic rings. The van der Waals surface area contributed by atoms with Gasteiger partial charge in [-0.15, -0.1) is 0 Å². The van der Waals surface area contributed by atoms with Crippen molar-refractivity contribution in [3.8, 4) is 0 Å². The summed E-state index contributed by atoms with van der Waals surface area (Å²) in [4.78, 5) is 2.65. The maximum Gasteiger partial charge on any atom is 0.0449 e. The summed E-state index contributed by atoms with van der Waals surface area (Å²) < 4.78 is 0. The molecule has 118 valence electrons.